The first kappa shape index (κ1) is 34.8. The monoisotopic (exact) mass is 752 g/mol. The van der Waals surface area contributed by atoms with Crippen LogP contribution >= 0.6 is 0 Å². The normalized spacial score (nSPS) is 12.7. The molecule has 0 aliphatic heterocycles. The maximum absolute atomic E-state index is 5.39. The zero-order valence-corrected chi connectivity index (χ0v) is 33.0. The molecular weight excluding hydrogens is 713 g/mol. The Balaban J connectivity index is 1.09. The van der Waals surface area contributed by atoms with Gasteiger partial charge in [0.15, 0.2) is 5.82 Å². The first-order valence-electron chi connectivity index (χ1n) is 20.4. The van der Waals surface area contributed by atoms with E-state index in [9.17, 15) is 0 Å². The zero-order chi connectivity index (χ0) is 39.5. The number of aromatic nitrogens is 2. The highest BCUT2D eigenvalue weighted by Gasteiger charge is 2.37. The molecule has 0 bridgehead atoms. The lowest BCUT2D eigenvalue weighted by Crippen LogP contribution is -2.14. The van der Waals surface area contributed by atoms with E-state index in [1.807, 2.05) is 6.07 Å². The molecule has 1 heterocycles. The van der Waals surface area contributed by atoms with Crippen molar-refractivity contribution in [1.29, 1.82) is 0 Å². The molecule has 2 heteroatoms. The number of benzene rings is 9. The van der Waals surface area contributed by atoms with Crippen molar-refractivity contribution >= 4 is 21.5 Å². The predicted molar refractivity (Wildman–Crippen MR) is 247 cm³/mol. The van der Waals surface area contributed by atoms with E-state index in [1.54, 1.807) is 0 Å². The van der Waals surface area contributed by atoms with E-state index in [4.69, 9.17) is 9.97 Å². The Morgan fingerprint density at radius 3 is 1.59 bits per heavy atom. The minimum Gasteiger partial charge on any atom is -0.228 e. The molecule has 0 saturated carbocycles. The Morgan fingerprint density at radius 1 is 0.322 bits per heavy atom. The molecule has 0 unspecified atom stereocenters. The molecule has 0 fully saturated rings. The summed E-state index contributed by atoms with van der Waals surface area (Å²) in [4.78, 5) is 10.7. The second-order valence-corrected chi connectivity index (χ2v) is 16.1. The fraction of sp³-hybridized carbons (Fsp3) is 0.0526. The van der Waals surface area contributed by atoms with Crippen LogP contribution in [0, 0.1) is 0 Å². The molecule has 0 atom stereocenters. The summed E-state index contributed by atoms with van der Waals surface area (Å²) in [6, 6.07) is 74.3. The molecule has 278 valence electrons. The highest BCUT2D eigenvalue weighted by Crippen LogP contribution is 2.53. The van der Waals surface area contributed by atoms with Crippen LogP contribution in [-0.4, -0.2) is 9.97 Å². The largest absolute Gasteiger partial charge is 0.228 e. The Hall–Kier alpha value is -7.42. The van der Waals surface area contributed by atoms with Crippen molar-refractivity contribution in [3.05, 3.63) is 217 Å². The van der Waals surface area contributed by atoms with Gasteiger partial charge >= 0.3 is 0 Å². The summed E-state index contributed by atoms with van der Waals surface area (Å²) in [5, 5.41) is 4.88. The fourth-order valence-corrected chi connectivity index (χ4v) is 9.34. The van der Waals surface area contributed by atoms with E-state index < -0.39 is 0 Å². The van der Waals surface area contributed by atoms with Crippen LogP contribution in [0.3, 0.4) is 0 Å². The predicted octanol–water partition coefficient (Wildman–Crippen LogP) is 15.1. The van der Waals surface area contributed by atoms with Gasteiger partial charge in [0.2, 0.25) is 0 Å². The summed E-state index contributed by atoms with van der Waals surface area (Å²) in [6.07, 6.45) is 0. The first-order chi connectivity index (χ1) is 29.0. The lowest BCUT2D eigenvalue weighted by Gasteiger charge is -2.22. The van der Waals surface area contributed by atoms with Crippen molar-refractivity contribution in [1.82, 2.24) is 9.97 Å². The molecule has 0 amide bonds. The smallest absolute Gasteiger partial charge is 0.160 e. The van der Waals surface area contributed by atoms with E-state index in [1.165, 1.54) is 49.5 Å². The Bertz CT molecular complexity index is 3220. The van der Waals surface area contributed by atoms with Gasteiger partial charge < -0.3 is 0 Å². The number of hydrogen-bond donors (Lipinski definition) is 0. The highest BCUT2D eigenvalue weighted by atomic mass is 14.9. The summed E-state index contributed by atoms with van der Waals surface area (Å²) in [5.41, 5.74) is 17.3. The van der Waals surface area contributed by atoms with E-state index in [0.29, 0.717) is 5.82 Å². The molecule has 1 aromatic heterocycles. The maximum atomic E-state index is 5.39. The lowest BCUT2D eigenvalue weighted by atomic mass is 9.81. The third-order valence-electron chi connectivity index (χ3n) is 12.3. The number of nitrogens with zero attached hydrogens (tertiary/aromatic N) is 2. The average molecular weight is 753 g/mol. The summed E-state index contributed by atoms with van der Waals surface area (Å²) >= 11 is 0. The van der Waals surface area contributed by atoms with Gasteiger partial charge in [0.1, 0.15) is 0 Å². The van der Waals surface area contributed by atoms with Gasteiger partial charge in [-0.2, -0.15) is 0 Å². The topological polar surface area (TPSA) is 25.8 Å². The molecule has 59 heavy (non-hydrogen) atoms. The fourth-order valence-electron chi connectivity index (χ4n) is 9.34. The average Bonchev–Trinajstić information content (AvgIpc) is 3.53. The van der Waals surface area contributed by atoms with E-state index in [2.05, 4.69) is 214 Å². The first-order valence-corrected chi connectivity index (χ1v) is 20.4. The number of fused-ring (bicyclic) bond motifs is 5. The third-order valence-corrected chi connectivity index (χ3v) is 12.3. The second kappa shape index (κ2) is 13.9. The molecule has 0 spiro atoms. The summed E-state index contributed by atoms with van der Waals surface area (Å²) in [5.74, 6) is 0.698. The van der Waals surface area contributed by atoms with Gasteiger partial charge in [-0.1, -0.05) is 202 Å². The molecule has 0 radical (unpaired) electrons. The molecule has 0 saturated heterocycles. The zero-order valence-electron chi connectivity index (χ0n) is 33.0. The van der Waals surface area contributed by atoms with E-state index in [-0.39, 0.29) is 5.41 Å². The molecule has 1 aliphatic rings. The van der Waals surface area contributed by atoms with Gasteiger partial charge in [-0.15, -0.1) is 0 Å². The third kappa shape index (κ3) is 5.87. The van der Waals surface area contributed by atoms with Gasteiger partial charge in [-0.3, -0.25) is 0 Å². The molecule has 2 nitrogen and oxygen atoms in total. The van der Waals surface area contributed by atoms with Crippen LogP contribution in [0.5, 0.6) is 0 Å². The second-order valence-electron chi connectivity index (χ2n) is 16.1. The van der Waals surface area contributed by atoms with Gasteiger partial charge in [0, 0.05) is 22.1 Å². The number of rotatable bonds is 6. The SMILES string of the molecule is CC1(C)c2cc3ccccc3cc2-c2c(-c3ccc(-c4ccc5ccccc5c4-c4cc(-c5ccccc5-c5ccccc5)nc(-c5ccccc5)n4)cc3)cccc21. The van der Waals surface area contributed by atoms with E-state index in [0.717, 1.165) is 55.7 Å². The lowest BCUT2D eigenvalue weighted by molar-refractivity contribution is 0.661. The molecular formula is C57H40N2. The van der Waals surface area contributed by atoms with Crippen molar-refractivity contribution < 1.29 is 0 Å². The van der Waals surface area contributed by atoms with Crippen molar-refractivity contribution in [3.63, 3.8) is 0 Å². The standard InChI is InChI=1S/C57H40N2/c1-57(2)50-27-15-26-45(54(50)49-34-42-21-9-10-22-43(42)35-51(49)57)39-28-30-40(31-29-39)47-33-32-38-18-11-12-24-46(38)55(47)53-36-52(58-56(59-53)41-19-7-4-8-20-41)48-25-14-13-23-44(48)37-16-5-3-6-17-37/h3-36H,1-2H3. The minimum atomic E-state index is -0.0960. The number of hydrogen-bond acceptors (Lipinski definition) is 2. The van der Waals surface area contributed by atoms with Crippen LogP contribution in [0.4, 0.5) is 0 Å². The Kier molecular flexibility index (Phi) is 8.20. The summed E-state index contributed by atoms with van der Waals surface area (Å²) in [6.45, 7) is 4.73. The highest BCUT2D eigenvalue weighted by molar-refractivity contribution is 6.05. The van der Waals surface area contributed by atoms with Crippen LogP contribution in [0.25, 0.3) is 100.0 Å². The maximum Gasteiger partial charge on any atom is 0.160 e. The van der Waals surface area contributed by atoms with Crippen LogP contribution in [-0.2, 0) is 5.41 Å². The van der Waals surface area contributed by atoms with Gasteiger partial charge in [0.05, 0.1) is 11.4 Å². The molecule has 1 aliphatic carbocycles. The summed E-state index contributed by atoms with van der Waals surface area (Å²) < 4.78 is 0. The van der Waals surface area contributed by atoms with Crippen LogP contribution < -0.4 is 0 Å². The van der Waals surface area contributed by atoms with Crippen LogP contribution in [0.15, 0.2) is 206 Å². The van der Waals surface area contributed by atoms with Crippen molar-refractivity contribution in [2.24, 2.45) is 0 Å². The summed E-state index contributed by atoms with van der Waals surface area (Å²) in [7, 11) is 0. The molecule has 10 aromatic rings. The molecule has 11 rings (SSSR count). The van der Waals surface area contributed by atoms with E-state index >= 15 is 0 Å². The Labute approximate surface area is 345 Å². The molecule has 9 aromatic carbocycles. The van der Waals surface area contributed by atoms with Gasteiger partial charge in [-0.05, 0) is 95.4 Å². The Morgan fingerprint density at radius 2 is 0.864 bits per heavy atom. The van der Waals surface area contributed by atoms with Gasteiger partial charge in [-0.25, -0.2) is 9.97 Å². The van der Waals surface area contributed by atoms with Crippen molar-refractivity contribution in [3.8, 4) is 78.4 Å². The van der Waals surface area contributed by atoms with Crippen LogP contribution in [0.2, 0.25) is 0 Å². The van der Waals surface area contributed by atoms with Gasteiger partial charge in [0.25, 0.3) is 0 Å². The molecule has 0 N–H and O–H groups in total. The van der Waals surface area contributed by atoms with Crippen molar-refractivity contribution in [2.45, 2.75) is 19.3 Å². The van der Waals surface area contributed by atoms with Crippen LogP contribution in [0.1, 0.15) is 25.0 Å². The minimum absolute atomic E-state index is 0.0960. The van der Waals surface area contributed by atoms with Crippen molar-refractivity contribution in [2.75, 3.05) is 0 Å². The quantitative estimate of drug-likeness (QED) is 0.169.